The third-order valence-electron chi connectivity index (χ3n) is 7.26. The molecule has 0 bridgehead atoms. The summed E-state index contributed by atoms with van der Waals surface area (Å²) in [5, 5.41) is 3.80. The number of sulfonamides is 1. The molecule has 2 heterocycles. The Hall–Kier alpha value is -2.64. The van der Waals surface area contributed by atoms with Gasteiger partial charge in [0.05, 0.1) is 10.9 Å². The van der Waals surface area contributed by atoms with Gasteiger partial charge in [0.2, 0.25) is 10.0 Å². The first-order chi connectivity index (χ1) is 16.2. The maximum absolute atomic E-state index is 13.4. The van der Waals surface area contributed by atoms with Crippen LogP contribution >= 0.6 is 0 Å². The lowest BCUT2D eigenvalue weighted by Crippen LogP contribution is -2.42. The molecule has 1 aliphatic carbocycles. The highest BCUT2D eigenvalue weighted by Crippen LogP contribution is 2.33. The summed E-state index contributed by atoms with van der Waals surface area (Å²) in [7, 11) is -3.61. The molecular formula is C27H32N2O4S. The van der Waals surface area contributed by atoms with Crippen LogP contribution in [0.15, 0.2) is 51.8 Å². The number of carbonyl (C=O) groups excluding carboxylic acids is 1. The number of rotatable bonds is 4. The predicted octanol–water partition coefficient (Wildman–Crippen LogP) is 5.22. The van der Waals surface area contributed by atoms with Gasteiger partial charge < -0.3 is 9.73 Å². The molecule has 0 spiro atoms. The Morgan fingerprint density at radius 2 is 1.82 bits per heavy atom. The van der Waals surface area contributed by atoms with E-state index < -0.39 is 10.0 Å². The monoisotopic (exact) mass is 480 g/mol. The molecule has 0 radical (unpaired) electrons. The molecule has 0 saturated carbocycles. The third kappa shape index (κ3) is 4.16. The molecule has 7 heteroatoms. The first-order valence-electron chi connectivity index (χ1n) is 12.2. The van der Waals surface area contributed by atoms with E-state index in [4.69, 9.17) is 4.42 Å². The quantitative estimate of drug-likeness (QED) is 0.556. The Morgan fingerprint density at radius 3 is 2.59 bits per heavy atom. The Balaban J connectivity index is 1.43. The minimum absolute atomic E-state index is 0.0518. The van der Waals surface area contributed by atoms with Gasteiger partial charge in [-0.2, -0.15) is 4.31 Å². The number of furan rings is 1. The zero-order valence-electron chi connectivity index (χ0n) is 20.0. The zero-order chi connectivity index (χ0) is 24.0. The SMILES string of the molecule is Cc1c(C(=O)N[C@@H]2CCCc3ccccc32)oc2ccc(S(=O)(=O)N3C[C@H](C)C[C@H](C)C3)cc12. The van der Waals surface area contributed by atoms with Gasteiger partial charge in [0.1, 0.15) is 5.58 Å². The van der Waals surface area contributed by atoms with Gasteiger partial charge >= 0.3 is 0 Å². The lowest BCUT2D eigenvalue weighted by molar-refractivity contribution is 0.0906. The number of nitrogens with one attached hydrogen (secondary N) is 1. The van der Waals surface area contributed by atoms with Gasteiger partial charge in [-0.05, 0) is 73.8 Å². The average molecular weight is 481 g/mol. The first-order valence-corrected chi connectivity index (χ1v) is 13.6. The summed E-state index contributed by atoms with van der Waals surface area (Å²) in [5.74, 6) is 0.641. The van der Waals surface area contributed by atoms with Crippen LogP contribution in [0.1, 0.15) is 66.4 Å². The molecule has 1 saturated heterocycles. The van der Waals surface area contributed by atoms with Gasteiger partial charge in [-0.15, -0.1) is 0 Å². The molecule has 2 aromatic carbocycles. The lowest BCUT2D eigenvalue weighted by atomic mass is 9.87. The van der Waals surface area contributed by atoms with Crippen LogP contribution < -0.4 is 5.32 Å². The van der Waals surface area contributed by atoms with Gasteiger partial charge in [-0.1, -0.05) is 38.1 Å². The molecule has 1 aliphatic heterocycles. The molecule has 1 amide bonds. The molecule has 3 atom stereocenters. The molecule has 1 fully saturated rings. The number of amides is 1. The number of aryl methyl sites for hydroxylation is 2. The number of nitrogens with zero attached hydrogens (tertiary/aromatic N) is 1. The van der Waals surface area contributed by atoms with E-state index >= 15 is 0 Å². The van der Waals surface area contributed by atoms with Crippen molar-refractivity contribution in [3.63, 3.8) is 0 Å². The standard InChI is InChI=1S/C27H32N2O4S/c1-17-13-18(2)16-29(15-17)34(31,32)21-11-12-25-23(14-21)19(3)26(33-25)27(30)28-24-10-6-8-20-7-4-5-9-22(20)24/h4-5,7,9,11-12,14,17-18,24H,6,8,10,13,15-16H2,1-3H3,(H,28,30)/t17-,18+,24-/m1/s1. The van der Waals surface area contributed by atoms with Crippen LogP contribution in [0.4, 0.5) is 0 Å². The predicted molar refractivity (Wildman–Crippen MR) is 132 cm³/mol. The van der Waals surface area contributed by atoms with Crippen molar-refractivity contribution in [2.24, 2.45) is 11.8 Å². The normalized spacial score (nSPS) is 23.6. The van der Waals surface area contributed by atoms with E-state index in [0.29, 0.717) is 41.5 Å². The second-order valence-electron chi connectivity index (χ2n) is 10.1. The number of fused-ring (bicyclic) bond motifs is 2. The van der Waals surface area contributed by atoms with Crippen molar-refractivity contribution in [1.29, 1.82) is 0 Å². The van der Waals surface area contributed by atoms with Crippen LogP contribution in [0.25, 0.3) is 11.0 Å². The molecule has 6 nitrogen and oxygen atoms in total. The Morgan fingerprint density at radius 1 is 1.09 bits per heavy atom. The van der Waals surface area contributed by atoms with E-state index in [1.54, 1.807) is 22.5 Å². The van der Waals surface area contributed by atoms with Gasteiger partial charge in [0.15, 0.2) is 5.76 Å². The Bertz CT molecular complexity index is 1330. The van der Waals surface area contributed by atoms with Gasteiger partial charge in [0.25, 0.3) is 5.91 Å². The maximum Gasteiger partial charge on any atom is 0.287 e. The number of carbonyl (C=O) groups is 1. The largest absolute Gasteiger partial charge is 0.451 e. The molecule has 34 heavy (non-hydrogen) atoms. The van der Waals surface area contributed by atoms with Crippen molar-refractivity contribution < 1.29 is 17.6 Å². The second-order valence-corrected chi connectivity index (χ2v) is 12.0. The van der Waals surface area contributed by atoms with E-state index in [9.17, 15) is 13.2 Å². The van der Waals surface area contributed by atoms with Crippen LogP contribution in [0, 0.1) is 18.8 Å². The Labute approximate surface area is 201 Å². The van der Waals surface area contributed by atoms with Gasteiger partial charge in [0, 0.05) is 24.0 Å². The molecule has 3 aromatic rings. The summed E-state index contributed by atoms with van der Waals surface area (Å²) in [6, 6.07) is 13.1. The first kappa shape index (κ1) is 23.1. The molecule has 0 unspecified atom stereocenters. The minimum atomic E-state index is -3.61. The highest BCUT2D eigenvalue weighted by molar-refractivity contribution is 7.89. The highest BCUT2D eigenvalue weighted by Gasteiger charge is 2.32. The molecule has 1 N–H and O–H groups in total. The summed E-state index contributed by atoms with van der Waals surface area (Å²) in [4.78, 5) is 13.4. The van der Waals surface area contributed by atoms with E-state index in [1.165, 1.54) is 5.56 Å². The van der Waals surface area contributed by atoms with E-state index in [2.05, 4.69) is 31.3 Å². The van der Waals surface area contributed by atoms with Crippen molar-refractivity contribution >= 4 is 26.9 Å². The van der Waals surface area contributed by atoms with Crippen LogP contribution in [0.2, 0.25) is 0 Å². The number of hydrogen-bond donors (Lipinski definition) is 1. The summed E-state index contributed by atoms with van der Waals surface area (Å²) in [5.41, 5.74) is 3.62. The number of benzene rings is 2. The van der Waals surface area contributed by atoms with Crippen molar-refractivity contribution in [1.82, 2.24) is 9.62 Å². The summed E-state index contributed by atoms with van der Waals surface area (Å²) in [6.45, 7) is 7.07. The van der Waals surface area contributed by atoms with Crippen LogP contribution in [-0.4, -0.2) is 31.7 Å². The maximum atomic E-state index is 13.4. The fourth-order valence-electron chi connectivity index (χ4n) is 5.66. The molecular weight excluding hydrogens is 448 g/mol. The topological polar surface area (TPSA) is 79.6 Å². The minimum Gasteiger partial charge on any atom is -0.451 e. The zero-order valence-corrected chi connectivity index (χ0v) is 20.8. The number of hydrogen-bond acceptors (Lipinski definition) is 4. The number of piperidine rings is 1. The lowest BCUT2D eigenvalue weighted by Gasteiger charge is -2.34. The molecule has 180 valence electrons. The fraction of sp³-hybridized carbons (Fsp3) is 0.444. The van der Waals surface area contributed by atoms with E-state index in [0.717, 1.165) is 31.2 Å². The summed E-state index contributed by atoms with van der Waals surface area (Å²) >= 11 is 0. The molecule has 2 aliphatic rings. The van der Waals surface area contributed by atoms with E-state index in [-0.39, 0.29) is 22.6 Å². The van der Waals surface area contributed by atoms with Crippen LogP contribution in [0.3, 0.4) is 0 Å². The average Bonchev–Trinajstić information content (AvgIpc) is 3.15. The molecule has 1 aromatic heterocycles. The van der Waals surface area contributed by atoms with Crippen molar-refractivity contribution in [2.45, 2.75) is 57.4 Å². The summed E-state index contributed by atoms with van der Waals surface area (Å²) < 4.78 is 34.2. The summed E-state index contributed by atoms with van der Waals surface area (Å²) in [6.07, 6.45) is 3.97. The second kappa shape index (κ2) is 8.86. The molecule has 5 rings (SSSR count). The van der Waals surface area contributed by atoms with Crippen molar-refractivity contribution in [3.05, 3.63) is 64.9 Å². The van der Waals surface area contributed by atoms with Crippen molar-refractivity contribution in [3.8, 4) is 0 Å². The van der Waals surface area contributed by atoms with Crippen LogP contribution in [0.5, 0.6) is 0 Å². The third-order valence-corrected chi connectivity index (χ3v) is 9.09. The Kier molecular flexibility index (Phi) is 6.02. The smallest absolute Gasteiger partial charge is 0.287 e. The van der Waals surface area contributed by atoms with Crippen LogP contribution in [-0.2, 0) is 16.4 Å². The van der Waals surface area contributed by atoms with Gasteiger partial charge in [-0.25, -0.2) is 8.42 Å². The van der Waals surface area contributed by atoms with E-state index in [1.807, 2.05) is 19.1 Å². The fourth-order valence-corrected chi connectivity index (χ4v) is 7.36. The highest BCUT2D eigenvalue weighted by atomic mass is 32.2. The van der Waals surface area contributed by atoms with Crippen molar-refractivity contribution in [2.75, 3.05) is 13.1 Å². The van der Waals surface area contributed by atoms with Gasteiger partial charge in [-0.3, -0.25) is 4.79 Å².